The summed E-state index contributed by atoms with van der Waals surface area (Å²) in [6, 6.07) is 0. The summed E-state index contributed by atoms with van der Waals surface area (Å²) in [5.74, 6) is 0. The summed E-state index contributed by atoms with van der Waals surface area (Å²) in [4.78, 5) is 57.2. The molecule has 0 aliphatic carbocycles. The van der Waals surface area contributed by atoms with E-state index < -0.39 is 60.2 Å². The quantitative estimate of drug-likeness (QED) is 0.151. The summed E-state index contributed by atoms with van der Waals surface area (Å²) < 4.78 is 51.6. The number of aliphatic hydroxyl groups is 2. The normalized spacial score (nSPS) is 28.0. The predicted octanol–water partition coefficient (Wildman–Crippen LogP) is -1.26. The summed E-state index contributed by atoms with van der Waals surface area (Å²) in [7, 11) is -16.8. The van der Waals surface area contributed by atoms with Crippen LogP contribution >= 0.6 is 35.1 Å². The zero-order valence-corrected chi connectivity index (χ0v) is 18.5. The molecule has 22 heteroatoms. The second-order valence-corrected chi connectivity index (χ2v) is 10.9. The highest BCUT2D eigenvalue weighted by atomic mass is 35.5. The van der Waals surface area contributed by atoms with Gasteiger partial charge in [0.25, 0.3) is 5.56 Å². The Morgan fingerprint density at radius 1 is 1.12 bits per heavy atom. The van der Waals surface area contributed by atoms with E-state index >= 15 is 0 Å². The molecule has 2 aromatic heterocycles. The fraction of sp³-hybridized carbons (Fsp3) is 0.500. The van der Waals surface area contributed by atoms with Gasteiger partial charge in [-0.2, -0.15) is 13.6 Å². The van der Waals surface area contributed by atoms with Gasteiger partial charge >= 0.3 is 23.5 Å². The van der Waals surface area contributed by atoms with Crippen molar-refractivity contribution >= 4 is 46.2 Å². The van der Waals surface area contributed by atoms with Crippen LogP contribution in [0.25, 0.3) is 11.2 Å². The van der Waals surface area contributed by atoms with Crippen molar-refractivity contribution in [1.82, 2.24) is 19.5 Å². The van der Waals surface area contributed by atoms with Gasteiger partial charge in [0.1, 0.15) is 18.3 Å². The summed E-state index contributed by atoms with van der Waals surface area (Å²) in [5, 5.41) is 20.1. The van der Waals surface area contributed by atoms with E-state index in [1.807, 2.05) is 0 Å². The second kappa shape index (κ2) is 8.94. The molecule has 32 heavy (non-hydrogen) atoms. The molecule has 0 amide bonds. The third-order valence-corrected chi connectivity index (χ3v) is 7.81. The van der Waals surface area contributed by atoms with Gasteiger partial charge < -0.3 is 34.5 Å². The molecular weight excluding hydrogens is 528 g/mol. The number of ether oxygens (including phenoxy) is 1. The minimum atomic E-state index is -5.73. The number of aromatic amines is 1. The number of aliphatic hydroxyl groups excluding tert-OH is 2. The monoisotopic (exact) mass is 542 g/mol. The van der Waals surface area contributed by atoms with Crippen molar-refractivity contribution in [3.05, 3.63) is 22.0 Å². The van der Waals surface area contributed by atoms with Gasteiger partial charge in [0.05, 0.1) is 12.9 Å². The molecule has 7 N–H and O–H groups in total. The highest BCUT2D eigenvalue weighted by Crippen LogP contribution is 2.66. The molecule has 0 spiro atoms. The smallest absolute Gasteiger partial charge is 0.387 e. The van der Waals surface area contributed by atoms with Crippen LogP contribution in [0.5, 0.6) is 0 Å². The summed E-state index contributed by atoms with van der Waals surface area (Å²) >= 11 is 5.69. The maximum absolute atomic E-state index is 11.8. The van der Waals surface area contributed by atoms with Crippen molar-refractivity contribution in [2.45, 2.75) is 24.5 Å². The average Bonchev–Trinajstić information content (AvgIpc) is 3.12. The number of halogens is 1. The van der Waals surface area contributed by atoms with Gasteiger partial charge in [-0.05, 0) is 11.6 Å². The van der Waals surface area contributed by atoms with Crippen LogP contribution in [0.1, 0.15) is 6.23 Å². The first kappa shape index (κ1) is 25.6. The van der Waals surface area contributed by atoms with Crippen LogP contribution in [0, 0.1) is 0 Å². The Morgan fingerprint density at radius 2 is 1.78 bits per heavy atom. The van der Waals surface area contributed by atoms with Gasteiger partial charge in [0, 0.05) is 0 Å². The van der Waals surface area contributed by atoms with Gasteiger partial charge in [-0.1, -0.05) is 0 Å². The molecule has 6 atom stereocenters. The number of nitrogens with zero attached hydrogens (tertiary/aromatic N) is 3. The van der Waals surface area contributed by atoms with E-state index in [0.717, 1.165) is 10.9 Å². The van der Waals surface area contributed by atoms with Crippen molar-refractivity contribution < 1.29 is 61.4 Å². The molecule has 0 aromatic carbocycles. The fourth-order valence-electron chi connectivity index (χ4n) is 2.65. The average molecular weight is 543 g/mol. The first-order chi connectivity index (χ1) is 14.6. The van der Waals surface area contributed by atoms with E-state index in [9.17, 15) is 33.6 Å². The Balaban J connectivity index is 1.72. The molecule has 1 aliphatic heterocycles. The molecule has 1 fully saturated rings. The molecule has 0 radical (unpaired) electrons. The van der Waals surface area contributed by atoms with E-state index in [1.54, 1.807) is 0 Å². The van der Waals surface area contributed by atoms with E-state index in [-0.39, 0.29) is 16.4 Å². The standard InChI is InChI=1S/C10H14ClN4O14P3/c11-10-13-7-4(8(18)14-10)12-2-15(7)9-6(17)5(16)3(27-9)1-26-31(22,23)29-32(24,25)28-30(19,20)21/h2-3,5-6,9,16-17H,1H2,(H,22,23)(H,24,25)(H,13,14,18)(H2,19,20,21). The fourth-order valence-corrected chi connectivity index (χ4v) is 5.85. The molecule has 6 unspecified atom stereocenters. The first-order valence-corrected chi connectivity index (χ1v) is 12.9. The number of H-pyrrole nitrogens is 1. The molecule has 18 nitrogen and oxygen atoms in total. The molecular formula is C10H14ClN4O14P3. The lowest BCUT2D eigenvalue weighted by Crippen LogP contribution is -2.33. The summed E-state index contributed by atoms with van der Waals surface area (Å²) in [5.41, 5.74) is -0.990. The number of imidazole rings is 1. The second-order valence-electron chi connectivity index (χ2n) is 6.11. The van der Waals surface area contributed by atoms with E-state index in [2.05, 4.69) is 28.1 Å². The van der Waals surface area contributed by atoms with Crippen LogP contribution in [0.4, 0.5) is 0 Å². The maximum atomic E-state index is 11.8. The van der Waals surface area contributed by atoms with Crippen molar-refractivity contribution in [2.24, 2.45) is 0 Å². The lowest BCUT2D eigenvalue weighted by molar-refractivity contribution is -0.0503. The summed E-state index contributed by atoms with van der Waals surface area (Å²) in [6.07, 6.45) is -5.34. The number of aromatic nitrogens is 4. The Morgan fingerprint density at radius 3 is 2.41 bits per heavy atom. The number of phosphoric ester groups is 1. The highest BCUT2D eigenvalue weighted by molar-refractivity contribution is 7.66. The number of hydrogen-bond acceptors (Lipinski definition) is 12. The SMILES string of the molecule is O=c1[nH]c(Cl)nc2c1ncn2C1OC(COP(=O)(O)OP(=O)(O)OP(=O)(O)O)C(O)C1O. The van der Waals surface area contributed by atoms with Gasteiger partial charge in [0.15, 0.2) is 17.4 Å². The number of fused-ring (bicyclic) bond motifs is 1. The largest absolute Gasteiger partial charge is 0.490 e. The van der Waals surface area contributed by atoms with Crippen LogP contribution in [0.2, 0.25) is 5.28 Å². The zero-order chi connectivity index (χ0) is 24.1. The van der Waals surface area contributed by atoms with Gasteiger partial charge in [-0.25, -0.2) is 18.7 Å². The third kappa shape index (κ3) is 5.88. The van der Waals surface area contributed by atoms with Crippen molar-refractivity contribution in [1.29, 1.82) is 0 Å². The van der Waals surface area contributed by atoms with Crippen LogP contribution < -0.4 is 5.56 Å². The lowest BCUT2D eigenvalue weighted by Gasteiger charge is -2.19. The third-order valence-electron chi connectivity index (χ3n) is 3.83. The number of phosphoric acid groups is 3. The van der Waals surface area contributed by atoms with Crippen molar-refractivity contribution in [3.63, 3.8) is 0 Å². The van der Waals surface area contributed by atoms with E-state index in [0.29, 0.717) is 0 Å². The molecule has 0 bridgehead atoms. The maximum Gasteiger partial charge on any atom is 0.490 e. The summed E-state index contributed by atoms with van der Waals surface area (Å²) in [6.45, 7) is -1.01. The molecule has 0 saturated carbocycles. The number of nitrogens with one attached hydrogen (secondary N) is 1. The Labute approximate surface area is 180 Å². The first-order valence-electron chi connectivity index (χ1n) is 8.01. The van der Waals surface area contributed by atoms with Crippen LogP contribution in [-0.2, 0) is 31.6 Å². The minimum Gasteiger partial charge on any atom is -0.387 e. The van der Waals surface area contributed by atoms with E-state index in [4.69, 9.17) is 31.0 Å². The van der Waals surface area contributed by atoms with Crippen molar-refractivity contribution in [2.75, 3.05) is 6.61 Å². The Bertz CT molecular complexity index is 1210. The minimum absolute atomic E-state index is 0.122. The number of hydrogen-bond donors (Lipinski definition) is 7. The van der Waals surface area contributed by atoms with Gasteiger partial charge in [-0.3, -0.25) is 18.9 Å². The van der Waals surface area contributed by atoms with Crippen LogP contribution in [0.15, 0.2) is 11.1 Å². The molecule has 3 heterocycles. The molecule has 1 aliphatic rings. The molecule has 2 aromatic rings. The van der Waals surface area contributed by atoms with E-state index in [1.165, 1.54) is 0 Å². The van der Waals surface area contributed by atoms with Gasteiger partial charge in [0.2, 0.25) is 5.28 Å². The lowest BCUT2D eigenvalue weighted by atomic mass is 10.1. The van der Waals surface area contributed by atoms with Crippen LogP contribution in [0.3, 0.4) is 0 Å². The van der Waals surface area contributed by atoms with Gasteiger partial charge in [-0.15, -0.1) is 0 Å². The van der Waals surface area contributed by atoms with Crippen molar-refractivity contribution in [3.8, 4) is 0 Å². The molecule has 1 saturated heterocycles. The Hall–Kier alpha value is -1.07. The zero-order valence-electron chi connectivity index (χ0n) is 15.1. The van der Waals surface area contributed by atoms with Crippen LogP contribution in [-0.4, -0.2) is 74.2 Å². The molecule has 180 valence electrons. The predicted molar refractivity (Wildman–Crippen MR) is 98.9 cm³/mol. The molecule has 3 rings (SSSR count). The number of rotatable bonds is 8. The highest BCUT2D eigenvalue weighted by Gasteiger charge is 2.47. The Kier molecular flexibility index (Phi) is 7.14. The topological polar surface area (TPSA) is 273 Å².